The maximum absolute atomic E-state index is 12.9. The van der Waals surface area contributed by atoms with Crippen molar-refractivity contribution in [2.45, 2.75) is 56.4 Å². The summed E-state index contributed by atoms with van der Waals surface area (Å²) in [7, 11) is -0.945. The molecule has 5 rings (SSSR count). The van der Waals surface area contributed by atoms with E-state index in [1.807, 2.05) is 29.0 Å². The van der Waals surface area contributed by atoms with Gasteiger partial charge in [-0.3, -0.25) is 14.4 Å². The molecular weight excluding hydrogens is 592 g/mol. The second-order valence-corrected chi connectivity index (χ2v) is 13.0. The highest BCUT2D eigenvalue weighted by Gasteiger charge is 2.21. The van der Waals surface area contributed by atoms with Crippen LogP contribution in [0.5, 0.6) is 5.75 Å². The zero-order chi connectivity index (χ0) is 32.0. The molecule has 236 valence electrons. The van der Waals surface area contributed by atoms with Gasteiger partial charge >= 0.3 is 0 Å². The van der Waals surface area contributed by atoms with Crippen molar-refractivity contribution in [3.05, 3.63) is 89.6 Å². The molecule has 0 spiro atoms. The SMILES string of the molecule is CNC(=O)CCc1cn(Cc2ccc(C(=O)NS(=O)(=O)c3ccccc3)cc2OC)c2cc(NC(=O)CC3CCCC3)ccc12. The molecular formula is C34H38N4O6S. The highest BCUT2D eigenvalue weighted by atomic mass is 32.2. The van der Waals surface area contributed by atoms with E-state index >= 15 is 0 Å². The average Bonchev–Trinajstić information content (AvgIpc) is 3.67. The van der Waals surface area contributed by atoms with Gasteiger partial charge in [0.25, 0.3) is 15.9 Å². The van der Waals surface area contributed by atoms with Gasteiger partial charge in [-0.2, -0.15) is 0 Å². The second kappa shape index (κ2) is 14.0. The van der Waals surface area contributed by atoms with E-state index in [-0.39, 0.29) is 22.3 Å². The number of ether oxygens (including phenoxy) is 1. The number of nitrogens with one attached hydrogen (secondary N) is 3. The van der Waals surface area contributed by atoms with Gasteiger partial charge < -0.3 is 19.9 Å². The number of anilines is 1. The van der Waals surface area contributed by atoms with Gasteiger partial charge in [-0.25, -0.2) is 13.1 Å². The molecule has 11 heteroatoms. The molecule has 0 bridgehead atoms. The molecule has 1 saturated carbocycles. The maximum Gasteiger partial charge on any atom is 0.265 e. The number of hydrogen-bond acceptors (Lipinski definition) is 6. The first-order valence-electron chi connectivity index (χ1n) is 15.1. The summed E-state index contributed by atoms with van der Waals surface area (Å²) in [5.41, 5.74) is 3.44. The van der Waals surface area contributed by atoms with E-state index in [0.717, 1.165) is 34.9 Å². The number of nitrogens with zero attached hydrogens (tertiary/aromatic N) is 1. The highest BCUT2D eigenvalue weighted by Crippen LogP contribution is 2.31. The predicted octanol–water partition coefficient (Wildman–Crippen LogP) is 5.01. The molecule has 3 N–H and O–H groups in total. The topological polar surface area (TPSA) is 136 Å². The van der Waals surface area contributed by atoms with Crippen molar-refractivity contribution in [3.8, 4) is 5.75 Å². The molecule has 1 aliphatic rings. The van der Waals surface area contributed by atoms with Crippen LogP contribution in [0.25, 0.3) is 10.9 Å². The Balaban J connectivity index is 1.40. The number of amides is 3. The van der Waals surface area contributed by atoms with E-state index in [9.17, 15) is 22.8 Å². The Labute approximate surface area is 263 Å². The van der Waals surface area contributed by atoms with Crippen molar-refractivity contribution < 1.29 is 27.5 Å². The summed E-state index contributed by atoms with van der Waals surface area (Å²) in [6, 6.07) is 18.3. The van der Waals surface area contributed by atoms with Crippen molar-refractivity contribution >= 4 is 44.3 Å². The Kier molecular flexibility index (Phi) is 9.87. The van der Waals surface area contributed by atoms with Crippen LogP contribution in [0.2, 0.25) is 0 Å². The minimum atomic E-state index is -4.04. The predicted molar refractivity (Wildman–Crippen MR) is 173 cm³/mol. The lowest BCUT2D eigenvalue weighted by Crippen LogP contribution is -2.30. The second-order valence-electron chi connectivity index (χ2n) is 11.4. The summed E-state index contributed by atoms with van der Waals surface area (Å²) in [6.07, 6.45) is 7.90. The van der Waals surface area contributed by atoms with E-state index in [4.69, 9.17) is 4.74 Å². The number of methoxy groups -OCH3 is 1. The average molecular weight is 631 g/mol. The Morgan fingerprint density at radius 1 is 0.933 bits per heavy atom. The number of rotatable bonds is 12. The Morgan fingerprint density at radius 2 is 1.69 bits per heavy atom. The van der Waals surface area contributed by atoms with Crippen LogP contribution in [-0.4, -0.2) is 44.9 Å². The summed E-state index contributed by atoms with van der Waals surface area (Å²) in [5.74, 6) is 0.0181. The van der Waals surface area contributed by atoms with Crippen LogP contribution in [0, 0.1) is 5.92 Å². The molecule has 0 atom stereocenters. The van der Waals surface area contributed by atoms with Crippen LogP contribution >= 0.6 is 0 Å². The minimum absolute atomic E-state index is 0.00371. The van der Waals surface area contributed by atoms with Crippen LogP contribution in [0.3, 0.4) is 0 Å². The van der Waals surface area contributed by atoms with Gasteiger partial charge in [0.05, 0.1) is 24.1 Å². The highest BCUT2D eigenvalue weighted by molar-refractivity contribution is 7.90. The Morgan fingerprint density at radius 3 is 2.40 bits per heavy atom. The Hall–Kier alpha value is -4.64. The zero-order valence-electron chi connectivity index (χ0n) is 25.5. The number of hydrogen-bond donors (Lipinski definition) is 3. The van der Waals surface area contributed by atoms with Crippen molar-refractivity contribution in [1.82, 2.24) is 14.6 Å². The summed E-state index contributed by atoms with van der Waals surface area (Å²) < 4.78 is 35.1. The molecule has 0 saturated heterocycles. The molecule has 1 heterocycles. The third kappa shape index (κ3) is 7.72. The molecule has 3 amide bonds. The van der Waals surface area contributed by atoms with Crippen LogP contribution in [0.15, 0.2) is 77.8 Å². The quantitative estimate of drug-likeness (QED) is 0.201. The van der Waals surface area contributed by atoms with Gasteiger partial charge in [-0.05, 0) is 67.1 Å². The molecule has 0 radical (unpaired) electrons. The normalized spacial score (nSPS) is 13.5. The largest absolute Gasteiger partial charge is 0.496 e. The van der Waals surface area contributed by atoms with Crippen LogP contribution in [-0.2, 0) is 32.6 Å². The van der Waals surface area contributed by atoms with E-state index in [2.05, 4.69) is 15.4 Å². The van der Waals surface area contributed by atoms with Gasteiger partial charge in [0.2, 0.25) is 11.8 Å². The fourth-order valence-electron chi connectivity index (χ4n) is 5.88. The van der Waals surface area contributed by atoms with Crippen LogP contribution in [0.1, 0.15) is 60.0 Å². The minimum Gasteiger partial charge on any atom is -0.496 e. The summed E-state index contributed by atoms with van der Waals surface area (Å²) in [4.78, 5) is 37.7. The summed E-state index contributed by atoms with van der Waals surface area (Å²) in [6.45, 7) is 0.364. The van der Waals surface area contributed by atoms with Crippen molar-refractivity contribution in [2.75, 3.05) is 19.5 Å². The number of sulfonamides is 1. The zero-order valence-corrected chi connectivity index (χ0v) is 26.3. The van der Waals surface area contributed by atoms with Crippen molar-refractivity contribution in [2.24, 2.45) is 5.92 Å². The lowest BCUT2D eigenvalue weighted by Gasteiger charge is -2.14. The van der Waals surface area contributed by atoms with E-state index < -0.39 is 15.9 Å². The van der Waals surface area contributed by atoms with Gasteiger partial charge in [0.1, 0.15) is 5.75 Å². The Bertz CT molecular complexity index is 1810. The number of benzene rings is 3. The number of carbonyl (C=O) groups excluding carboxylic acids is 3. The lowest BCUT2D eigenvalue weighted by molar-refractivity contribution is -0.120. The number of aromatic nitrogens is 1. The molecule has 10 nitrogen and oxygen atoms in total. The first-order chi connectivity index (χ1) is 21.7. The molecule has 0 aliphatic heterocycles. The molecule has 45 heavy (non-hydrogen) atoms. The van der Waals surface area contributed by atoms with Crippen molar-refractivity contribution in [3.63, 3.8) is 0 Å². The third-order valence-corrected chi connectivity index (χ3v) is 9.62. The van der Waals surface area contributed by atoms with Crippen LogP contribution < -0.4 is 20.1 Å². The molecule has 1 aromatic heterocycles. The van der Waals surface area contributed by atoms with Gasteiger partial charge in [-0.15, -0.1) is 0 Å². The monoisotopic (exact) mass is 630 g/mol. The maximum atomic E-state index is 12.9. The fraction of sp³-hybridized carbons (Fsp3) is 0.324. The number of fused-ring (bicyclic) bond motifs is 1. The number of carbonyl (C=O) groups is 3. The third-order valence-electron chi connectivity index (χ3n) is 8.27. The number of aryl methyl sites for hydroxylation is 1. The van der Waals surface area contributed by atoms with Gasteiger partial charge in [0, 0.05) is 48.3 Å². The van der Waals surface area contributed by atoms with Gasteiger partial charge in [0.15, 0.2) is 0 Å². The summed E-state index contributed by atoms with van der Waals surface area (Å²) in [5, 5.41) is 6.69. The van der Waals surface area contributed by atoms with E-state index in [1.54, 1.807) is 37.4 Å². The molecule has 0 unspecified atom stereocenters. The molecule has 3 aromatic carbocycles. The standard InChI is InChI=1S/C34H38N4O6S/c1-35-32(39)17-14-25-21-38(30-20-27(15-16-29(25)30)36-33(40)18-23-8-6-7-9-23)22-26-13-12-24(19-31(26)44-2)34(41)37-45(42,43)28-10-4-3-5-11-28/h3-5,10-13,15-16,19-21,23H,6-9,14,17-18,22H2,1-2H3,(H,35,39)(H,36,40)(H,37,41). The molecule has 4 aromatic rings. The fourth-order valence-corrected chi connectivity index (χ4v) is 6.87. The first-order valence-corrected chi connectivity index (χ1v) is 16.6. The summed E-state index contributed by atoms with van der Waals surface area (Å²) >= 11 is 0. The van der Waals surface area contributed by atoms with E-state index in [0.29, 0.717) is 43.2 Å². The first kappa shape index (κ1) is 31.8. The van der Waals surface area contributed by atoms with Crippen molar-refractivity contribution in [1.29, 1.82) is 0 Å². The smallest absolute Gasteiger partial charge is 0.265 e. The van der Waals surface area contributed by atoms with E-state index in [1.165, 1.54) is 38.2 Å². The van der Waals surface area contributed by atoms with Gasteiger partial charge in [-0.1, -0.05) is 43.2 Å². The molecule has 1 fully saturated rings. The van der Waals surface area contributed by atoms with Crippen LogP contribution in [0.4, 0.5) is 5.69 Å². The lowest BCUT2D eigenvalue weighted by atomic mass is 10.0. The molecule has 1 aliphatic carbocycles.